The molecule has 2 rings (SSSR count). The Kier molecular flexibility index (Phi) is 6.02. The van der Waals surface area contributed by atoms with E-state index in [0.29, 0.717) is 44.2 Å². The molecule has 1 N–H and O–H groups in total. The van der Waals surface area contributed by atoms with Crippen molar-refractivity contribution in [2.45, 2.75) is 32.8 Å². The third kappa shape index (κ3) is 4.69. The van der Waals surface area contributed by atoms with Gasteiger partial charge in [0.15, 0.2) is 0 Å². The zero-order valence-electron chi connectivity index (χ0n) is 14.2. The van der Waals surface area contributed by atoms with Crippen LogP contribution in [-0.2, 0) is 4.74 Å². The van der Waals surface area contributed by atoms with Gasteiger partial charge in [0.1, 0.15) is 12.4 Å². The van der Waals surface area contributed by atoms with E-state index in [0.717, 1.165) is 6.42 Å². The molecule has 0 aliphatic carbocycles. The Hall–Kier alpha value is -1.59. The quantitative estimate of drug-likeness (QED) is 0.783. The van der Waals surface area contributed by atoms with E-state index in [1.54, 1.807) is 24.8 Å². The van der Waals surface area contributed by atoms with Crippen molar-refractivity contribution >= 4 is 5.91 Å². The van der Waals surface area contributed by atoms with Gasteiger partial charge in [-0.3, -0.25) is 4.79 Å². The average molecular weight is 321 g/mol. The number of amides is 1. The summed E-state index contributed by atoms with van der Waals surface area (Å²) in [6, 6.07) is 7.29. The number of rotatable bonds is 7. The van der Waals surface area contributed by atoms with E-state index in [1.165, 1.54) is 0 Å². The molecule has 1 atom stereocenters. The number of hydrogen-bond acceptors (Lipinski definition) is 4. The first-order valence-corrected chi connectivity index (χ1v) is 8.24. The monoisotopic (exact) mass is 321 g/mol. The van der Waals surface area contributed by atoms with Crippen LogP contribution in [0.4, 0.5) is 0 Å². The van der Waals surface area contributed by atoms with Crippen LogP contribution >= 0.6 is 0 Å². The predicted molar refractivity (Wildman–Crippen MR) is 88.7 cm³/mol. The number of hydrogen-bond donors (Lipinski definition) is 1. The van der Waals surface area contributed by atoms with Crippen LogP contribution in [0.3, 0.4) is 0 Å². The molecule has 23 heavy (non-hydrogen) atoms. The summed E-state index contributed by atoms with van der Waals surface area (Å²) in [4.78, 5) is 14.6. The van der Waals surface area contributed by atoms with E-state index in [2.05, 4.69) is 0 Å². The Morgan fingerprint density at radius 3 is 2.74 bits per heavy atom. The Balaban J connectivity index is 2.02. The zero-order chi connectivity index (χ0) is 16.9. The molecule has 128 valence electrons. The van der Waals surface area contributed by atoms with Crippen LogP contribution in [-0.4, -0.2) is 54.4 Å². The van der Waals surface area contributed by atoms with Gasteiger partial charge in [-0.25, -0.2) is 0 Å². The number of carbonyl (C=O) groups is 1. The van der Waals surface area contributed by atoms with Crippen molar-refractivity contribution in [1.82, 2.24) is 4.90 Å². The van der Waals surface area contributed by atoms with Crippen molar-refractivity contribution in [3.05, 3.63) is 29.8 Å². The topological polar surface area (TPSA) is 59.0 Å². The summed E-state index contributed by atoms with van der Waals surface area (Å²) in [5.41, 5.74) is -0.192. The first kappa shape index (κ1) is 17.8. The maximum absolute atomic E-state index is 12.8. The van der Waals surface area contributed by atoms with Gasteiger partial charge in [-0.15, -0.1) is 0 Å². The highest BCUT2D eigenvalue weighted by Crippen LogP contribution is 2.29. The lowest BCUT2D eigenvalue weighted by molar-refractivity contribution is 0.0211. The number of benzene rings is 1. The van der Waals surface area contributed by atoms with Crippen molar-refractivity contribution in [3.63, 3.8) is 0 Å². The average Bonchev–Trinajstić information content (AvgIpc) is 3.01. The van der Waals surface area contributed by atoms with Gasteiger partial charge in [-0.1, -0.05) is 12.1 Å². The molecule has 5 nitrogen and oxygen atoms in total. The Morgan fingerprint density at radius 2 is 2.09 bits per heavy atom. The number of aliphatic hydroxyl groups is 1. The number of nitrogens with zero attached hydrogens (tertiary/aromatic N) is 1. The highest BCUT2D eigenvalue weighted by molar-refractivity contribution is 5.97. The molecule has 0 radical (unpaired) electrons. The summed E-state index contributed by atoms with van der Waals surface area (Å²) in [5, 5.41) is 10.1. The molecule has 1 aliphatic heterocycles. The standard InChI is InChI=1S/C18H27NO4/c1-4-22-11-12-23-16-8-6-5-7-15(16)17(20)19-10-9-14(13-19)18(2,3)21/h5-8,14,21H,4,9-13H2,1-3H3/t14-/m0/s1. The minimum atomic E-state index is -0.761. The lowest BCUT2D eigenvalue weighted by atomic mass is 9.90. The van der Waals surface area contributed by atoms with Gasteiger partial charge in [0.25, 0.3) is 5.91 Å². The van der Waals surface area contributed by atoms with Crippen LogP contribution in [0.15, 0.2) is 24.3 Å². The Morgan fingerprint density at radius 1 is 1.35 bits per heavy atom. The summed E-state index contributed by atoms with van der Waals surface area (Å²) < 4.78 is 11.0. The largest absolute Gasteiger partial charge is 0.490 e. The minimum Gasteiger partial charge on any atom is -0.490 e. The maximum Gasteiger partial charge on any atom is 0.257 e. The van der Waals surface area contributed by atoms with Crippen molar-refractivity contribution in [2.75, 3.05) is 32.9 Å². The van der Waals surface area contributed by atoms with Gasteiger partial charge >= 0.3 is 0 Å². The van der Waals surface area contributed by atoms with E-state index in [4.69, 9.17) is 9.47 Å². The molecular weight excluding hydrogens is 294 g/mol. The van der Waals surface area contributed by atoms with Gasteiger partial charge in [0, 0.05) is 25.6 Å². The van der Waals surface area contributed by atoms with Gasteiger partial charge in [-0.05, 0) is 39.3 Å². The molecule has 0 saturated carbocycles. The number of likely N-dealkylation sites (tertiary alicyclic amines) is 1. The van der Waals surface area contributed by atoms with Crippen LogP contribution in [0.1, 0.15) is 37.6 Å². The molecule has 1 fully saturated rings. The van der Waals surface area contributed by atoms with Crippen molar-refractivity contribution in [1.29, 1.82) is 0 Å². The Bertz CT molecular complexity index is 524. The molecule has 1 saturated heterocycles. The van der Waals surface area contributed by atoms with Gasteiger partial charge in [0.05, 0.1) is 17.8 Å². The second kappa shape index (κ2) is 7.79. The van der Waals surface area contributed by atoms with Gasteiger partial charge < -0.3 is 19.5 Å². The SMILES string of the molecule is CCOCCOc1ccccc1C(=O)N1CC[C@H](C(C)(C)O)C1. The van der Waals surface area contributed by atoms with E-state index in [1.807, 2.05) is 25.1 Å². The fourth-order valence-corrected chi connectivity index (χ4v) is 2.82. The highest BCUT2D eigenvalue weighted by atomic mass is 16.5. The minimum absolute atomic E-state index is 0.0382. The number of ether oxygens (including phenoxy) is 2. The molecule has 0 unspecified atom stereocenters. The number of carbonyl (C=O) groups excluding carboxylic acids is 1. The van der Waals surface area contributed by atoms with Crippen LogP contribution in [0.2, 0.25) is 0 Å². The summed E-state index contributed by atoms with van der Waals surface area (Å²) >= 11 is 0. The van der Waals surface area contributed by atoms with E-state index < -0.39 is 5.60 Å². The van der Waals surface area contributed by atoms with Crippen molar-refractivity contribution in [3.8, 4) is 5.75 Å². The third-order valence-electron chi connectivity index (χ3n) is 4.28. The fraction of sp³-hybridized carbons (Fsp3) is 0.611. The Labute approximate surface area is 138 Å². The second-order valence-electron chi connectivity index (χ2n) is 6.43. The molecule has 0 aromatic heterocycles. The van der Waals surface area contributed by atoms with Crippen LogP contribution < -0.4 is 4.74 Å². The lowest BCUT2D eigenvalue weighted by Crippen LogP contribution is -2.35. The normalized spacial score (nSPS) is 18.3. The van der Waals surface area contributed by atoms with Crippen molar-refractivity contribution in [2.24, 2.45) is 5.92 Å². The first-order valence-electron chi connectivity index (χ1n) is 8.24. The highest BCUT2D eigenvalue weighted by Gasteiger charge is 2.36. The van der Waals surface area contributed by atoms with Gasteiger partial charge in [-0.2, -0.15) is 0 Å². The zero-order valence-corrected chi connectivity index (χ0v) is 14.2. The molecule has 1 aromatic carbocycles. The molecule has 5 heteroatoms. The van der Waals surface area contributed by atoms with E-state index in [-0.39, 0.29) is 11.8 Å². The smallest absolute Gasteiger partial charge is 0.257 e. The third-order valence-corrected chi connectivity index (χ3v) is 4.28. The van der Waals surface area contributed by atoms with E-state index >= 15 is 0 Å². The van der Waals surface area contributed by atoms with Crippen LogP contribution in [0.25, 0.3) is 0 Å². The summed E-state index contributed by atoms with van der Waals surface area (Å²) in [5.74, 6) is 0.658. The first-order chi connectivity index (χ1) is 10.9. The molecule has 0 bridgehead atoms. The summed E-state index contributed by atoms with van der Waals surface area (Å²) in [7, 11) is 0. The summed E-state index contributed by atoms with van der Waals surface area (Å²) in [6.45, 7) is 8.36. The van der Waals surface area contributed by atoms with Gasteiger partial charge in [0.2, 0.25) is 0 Å². The molecule has 0 spiro atoms. The molecule has 1 aromatic rings. The number of para-hydroxylation sites is 1. The second-order valence-corrected chi connectivity index (χ2v) is 6.43. The van der Waals surface area contributed by atoms with E-state index in [9.17, 15) is 9.90 Å². The molecule has 1 amide bonds. The van der Waals surface area contributed by atoms with Crippen LogP contribution in [0.5, 0.6) is 5.75 Å². The molecule has 1 aliphatic rings. The summed E-state index contributed by atoms with van der Waals surface area (Å²) in [6.07, 6.45) is 0.822. The predicted octanol–water partition coefficient (Wildman–Crippen LogP) is 2.33. The van der Waals surface area contributed by atoms with Crippen LogP contribution in [0, 0.1) is 5.92 Å². The molecular formula is C18H27NO4. The molecule has 1 heterocycles. The van der Waals surface area contributed by atoms with Crippen molar-refractivity contribution < 1.29 is 19.4 Å². The lowest BCUT2D eigenvalue weighted by Gasteiger charge is -2.25. The fourth-order valence-electron chi connectivity index (χ4n) is 2.82. The maximum atomic E-state index is 12.8.